The third kappa shape index (κ3) is 2.33. The Morgan fingerprint density at radius 3 is 2.47 bits per heavy atom. The van der Waals surface area contributed by atoms with Gasteiger partial charge in [-0.1, -0.05) is 0 Å². The van der Waals surface area contributed by atoms with Crippen LogP contribution in [-0.2, 0) is 9.59 Å². The molecular weight excluding hydrogens is 244 g/mol. The molecule has 0 bridgehead atoms. The van der Waals surface area contributed by atoms with Crippen molar-refractivity contribution < 1.29 is 14.3 Å². The molecule has 5 nitrogen and oxygen atoms in total. The zero-order valence-corrected chi connectivity index (χ0v) is 10.8. The molecule has 1 aromatic carbocycles. The van der Waals surface area contributed by atoms with Gasteiger partial charge in [-0.25, -0.2) is 4.90 Å². The first-order valence-corrected chi connectivity index (χ1v) is 6.46. The molecule has 1 saturated carbocycles. The van der Waals surface area contributed by atoms with Crippen LogP contribution in [0.4, 0.5) is 5.69 Å². The van der Waals surface area contributed by atoms with Gasteiger partial charge in [0.1, 0.15) is 5.75 Å². The monoisotopic (exact) mass is 260 g/mol. The van der Waals surface area contributed by atoms with Crippen LogP contribution in [0, 0.1) is 0 Å². The predicted molar refractivity (Wildman–Crippen MR) is 70.0 cm³/mol. The lowest BCUT2D eigenvalue weighted by Crippen LogP contribution is -2.39. The molecule has 1 aromatic rings. The molecule has 1 N–H and O–H groups in total. The molecule has 0 aromatic heterocycles. The lowest BCUT2D eigenvalue weighted by molar-refractivity contribution is -0.121. The molecule has 19 heavy (non-hydrogen) atoms. The number of nitrogens with zero attached hydrogens (tertiary/aromatic N) is 1. The Bertz CT molecular complexity index is 508. The second-order valence-corrected chi connectivity index (χ2v) is 4.96. The van der Waals surface area contributed by atoms with Crippen molar-refractivity contribution in [2.75, 3.05) is 12.0 Å². The zero-order valence-electron chi connectivity index (χ0n) is 10.8. The number of nitrogens with one attached hydrogen (secondary N) is 1. The van der Waals surface area contributed by atoms with Crippen molar-refractivity contribution in [1.29, 1.82) is 0 Å². The summed E-state index contributed by atoms with van der Waals surface area (Å²) in [6, 6.07) is 7.01. The van der Waals surface area contributed by atoms with Crippen LogP contribution in [0.15, 0.2) is 24.3 Å². The lowest BCUT2D eigenvalue weighted by atomic mass is 10.2. The van der Waals surface area contributed by atoms with Crippen molar-refractivity contribution >= 4 is 17.5 Å². The minimum absolute atomic E-state index is 0.145. The summed E-state index contributed by atoms with van der Waals surface area (Å²) in [5.74, 6) is 0.408. The molecule has 1 saturated heterocycles. The van der Waals surface area contributed by atoms with E-state index in [1.807, 2.05) is 0 Å². The second kappa shape index (κ2) is 4.66. The largest absolute Gasteiger partial charge is 0.497 e. The Balaban J connectivity index is 1.78. The van der Waals surface area contributed by atoms with Crippen LogP contribution in [0.1, 0.15) is 19.3 Å². The molecule has 0 radical (unpaired) electrons. The highest BCUT2D eigenvalue weighted by molar-refractivity contribution is 6.22. The molecule has 1 heterocycles. The number of carbonyl (C=O) groups is 2. The third-order valence-electron chi connectivity index (χ3n) is 3.49. The number of ether oxygens (including phenoxy) is 1. The van der Waals surface area contributed by atoms with E-state index in [1.54, 1.807) is 31.4 Å². The van der Waals surface area contributed by atoms with Gasteiger partial charge in [-0.2, -0.15) is 0 Å². The van der Waals surface area contributed by atoms with E-state index in [9.17, 15) is 9.59 Å². The minimum atomic E-state index is -0.359. The van der Waals surface area contributed by atoms with Crippen LogP contribution in [0.3, 0.4) is 0 Å². The molecule has 1 aliphatic heterocycles. The van der Waals surface area contributed by atoms with Crippen LogP contribution in [0.2, 0.25) is 0 Å². The summed E-state index contributed by atoms with van der Waals surface area (Å²) in [4.78, 5) is 25.5. The average Bonchev–Trinajstić information content (AvgIpc) is 3.18. The quantitative estimate of drug-likeness (QED) is 0.823. The Kier molecular flexibility index (Phi) is 2.98. The highest BCUT2D eigenvalue weighted by Crippen LogP contribution is 2.27. The van der Waals surface area contributed by atoms with Crippen LogP contribution in [-0.4, -0.2) is 31.0 Å². The van der Waals surface area contributed by atoms with E-state index in [-0.39, 0.29) is 24.3 Å². The smallest absolute Gasteiger partial charge is 0.251 e. The average molecular weight is 260 g/mol. The fraction of sp³-hybridized carbons (Fsp3) is 0.429. The number of methoxy groups -OCH3 is 1. The Labute approximate surface area is 111 Å². The summed E-state index contributed by atoms with van der Waals surface area (Å²) in [5.41, 5.74) is 0.607. The summed E-state index contributed by atoms with van der Waals surface area (Å²) >= 11 is 0. The Morgan fingerprint density at radius 1 is 1.21 bits per heavy atom. The normalized spacial score (nSPS) is 23.0. The van der Waals surface area contributed by atoms with Crippen molar-refractivity contribution in [1.82, 2.24) is 5.32 Å². The molecule has 2 fully saturated rings. The van der Waals surface area contributed by atoms with Crippen LogP contribution in [0.25, 0.3) is 0 Å². The molecule has 2 amide bonds. The molecule has 5 heteroatoms. The van der Waals surface area contributed by atoms with Gasteiger partial charge >= 0.3 is 0 Å². The van der Waals surface area contributed by atoms with Crippen molar-refractivity contribution in [2.45, 2.75) is 31.3 Å². The van der Waals surface area contributed by atoms with E-state index in [4.69, 9.17) is 4.74 Å². The van der Waals surface area contributed by atoms with Crippen molar-refractivity contribution in [3.05, 3.63) is 24.3 Å². The highest BCUT2D eigenvalue weighted by Gasteiger charge is 2.41. The summed E-state index contributed by atoms with van der Waals surface area (Å²) in [7, 11) is 1.58. The van der Waals surface area contributed by atoms with E-state index in [2.05, 4.69) is 5.32 Å². The molecule has 100 valence electrons. The van der Waals surface area contributed by atoms with Crippen molar-refractivity contribution in [3.8, 4) is 5.75 Å². The molecule has 1 aliphatic carbocycles. The number of benzene rings is 1. The van der Waals surface area contributed by atoms with E-state index in [0.29, 0.717) is 17.5 Å². The maximum atomic E-state index is 12.2. The summed E-state index contributed by atoms with van der Waals surface area (Å²) < 4.78 is 5.07. The molecule has 0 unspecified atom stereocenters. The van der Waals surface area contributed by atoms with Gasteiger partial charge in [0.25, 0.3) is 5.91 Å². The number of anilines is 1. The first-order valence-electron chi connectivity index (χ1n) is 6.46. The molecule has 2 aliphatic rings. The van der Waals surface area contributed by atoms with Crippen LogP contribution < -0.4 is 15.0 Å². The summed E-state index contributed by atoms with van der Waals surface area (Å²) in [6.45, 7) is 0. The molecule has 0 spiro atoms. The van der Waals surface area contributed by atoms with Gasteiger partial charge in [0.2, 0.25) is 5.91 Å². The van der Waals surface area contributed by atoms with Gasteiger partial charge in [0, 0.05) is 6.04 Å². The van der Waals surface area contributed by atoms with Crippen molar-refractivity contribution in [3.63, 3.8) is 0 Å². The van der Waals surface area contributed by atoms with Crippen LogP contribution >= 0.6 is 0 Å². The Hall–Kier alpha value is -1.88. The van der Waals surface area contributed by atoms with E-state index in [1.165, 1.54) is 4.90 Å². The number of hydrogen-bond acceptors (Lipinski definition) is 4. The minimum Gasteiger partial charge on any atom is -0.497 e. The van der Waals surface area contributed by atoms with E-state index >= 15 is 0 Å². The van der Waals surface area contributed by atoms with Gasteiger partial charge in [-0.3, -0.25) is 9.59 Å². The third-order valence-corrected chi connectivity index (χ3v) is 3.49. The lowest BCUT2D eigenvalue weighted by Gasteiger charge is -2.15. The predicted octanol–water partition coefficient (Wildman–Crippen LogP) is 1.08. The van der Waals surface area contributed by atoms with E-state index in [0.717, 1.165) is 12.8 Å². The standard InChI is InChI=1S/C14H16N2O3/c1-19-11-6-4-10(5-7-11)16-13(17)8-12(14(16)18)15-9-2-3-9/h4-7,9,12,15H,2-3,8H2,1H3/t12-/m0/s1. The first kappa shape index (κ1) is 12.2. The number of amides is 2. The number of hydrogen-bond donors (Lipinski definition) is 1. The molecular formula is C14H16N2O3. The van der Waals surface area contributed by atoms with Crippen LogP contribution in [0.5, 0.6) is 5.75 Å². The topological polar surface area (TPSA) is 58.6 Å². The van der Waals surface area contributed by atoms with Gasteiger partial charge in [0.15, 0.2) is 0 Å². The van der Waals surface area contributed by atoms with Gasteiger partial charge in [-0.15, -0.1) is 0 Å². The summed E-state index contributed by atoms with van der Waals surface area (Å²) in [5, 5.41) is 3.22. The SMILES string of the molecule is COc1ccc(N2C(=O)C[C@H](NC3CC3)C2=O)cc1. The number of rotatable bonds is 4. The number of carbonyl (C=O) groups excluding carboxylic acids is 2. The Morgan fingerprint density at radius 2 is 1.89 bits per heavy atom. The van der Waals surface area contributed by atoms with Gasteiger partial charge in [-0.05, 0) is 37.1 Å². The molecule has 3 rings (SSSR count). The molecule has 1 atom stereocenters. The maximum absolute atomic E-state index is 12.2. The second-order valence-electron chi connectivity index (χ2n) is 4.96. The van der Waals surface area contributed by atoms with E-state index < -0.39 is 0 Å². The van der Waals surface area contributed by atoms with Gasteiger partial charge < -0.3 is 10.1 Å². The maximum Gasteiger partial charge on any atom is 0.251 e. The van der Waals surface area contributed by atoms with Gasteiger partial charge in [0.05, 0.1) is 25.3 Å². The fourth-order valence-electron chi connectivity index (χ4n) is 2.30. The highest BCUT2D eigenvalue weighted by atomic mass is 16.5. The zero-order chi connectivity index (χ0) is 13.4. The summed E-state index contributed by atoms with van der Waals surface area (Å²) in [6.07, 6.45) is 2.45. The first-order chi connectivity index (χ1) is 9.19. The number of imide groups is 1. The fourth-order valence-corrected chi connectivity index (χ4v) is 2.30. The van der Waals surface area contributed by atoms with Crippen molar-refractivity contribution in [2.24, 2.45) is 0 Å².